The van der Waals surface area contributed by atoms with Crippen LogP contribution in [0.3, 0.4) is 0 Å². The highest BCUT2D eigenvalue weighted by atomic mass is 16.5. The number of rotatable bonds is 3. The molecule has 0 aliphatic heterocycles. The van der Waals surface area contributed by atoms with E-state index in [1.807, 2.05) is 6.07 Å². The van der Waals surface area contributed by atoms with Gasteiger partial charge in [0.2, 0.25) is 0 Å². The second-order valence-corrected chi connectivity index (χ2v) is 3.75. The summed E-state index contributed by atoms with van der Waals surface area (Å²) in [5.41, 5.74) is 1.14. The maximum absolute atomic E-state index is 7.00. The number of ether oxygens (including phenoxy) is 1. The summed E-state index contributed by atoms with van der Waals surface area (Å²) in [5.74, 6) is 0.934. The molecule has 0 aliphatic rings. The van der Waals surface area contributed by atoms with Crippen LogP contribution in [0.25, 0.3) is 16.8 Å². The molecule has 2 aromatic carbocycles. The molecule has 18 heavy (non-hydrogen) atoms. The lowest BCUT2D eigenvalue weighted by molar-refractivity contribution is 0.399. The number of hydrogen-bond acceptors (Lipinski definition) is 2. The molecule has 0 saturated heterocycles. The van der Waals surface area contributed by atoms with E-state index in [0.717, 1.165) is 24.8 Å². The third-order valence-corrected chi connectivity index (χ3v) is 2.63. The topological polar surface area (TPSA) is 29.5 Å². The van der Waals surface area contributed by atoms with Crippen LogP contribution >= 0.6 is 0 Å². The molecule has 0 atom stereocenters. The molecular formula is C16H20O2. The van der Waals surface area contributed by atoms with E-state index in [1.165, 1.54) is 10.8 Å². The predicted octanol–water partition coefficient (Wildman–Crippen LogP) is 3.88. The Hall–Kier alpha value is -1.80. The van der Waals surface area contributed by atoms with Gasteiger partial charge < -0.3 is 9.84 Å². The number of aliphatic hydroxyl groups is 1. The van der Waals surface area contributed by atoms with Crippen molar-refractivity contribution in [2.75, 3.05) is 14.2 Å². The fourth-order valence-corrected chi connectivity index (χ4v) is 1.79. The minimum absolute atomic E-state index is 0.934. The summed E-state index contributed by atoms with van der Waals surface area (Å²) in [4.78, 5) is 0. The molecule has 0 bridgehead atoms. The molecular weight excluding hydrogens is 224 g/mol. The van der Waals surface area contributed by atoms with E-state index in [2.05, 4.69) is 49.4 Å². The van der Waals surface area contributed by atoms with Crippen molar-refractivity contribution in [3.05, 3.63) is 48.0 Å². The lowest BCUT2D eigenvalue weighted by atomic mass is 10.1. The van der Waals surface area contributed by atoms with Crippen molar-refractivity contribution in [2.24, 2.45) is 0 Å². The largest absolute Gasteiger partial charge is 0.496 e. The monoisotopic (exact) mass is 244 g/mol. The molecule has 96 valence electrons. The number of methoxy groups -OCH3 is 1. The van der Waals surface area contributed by atoms with Crippen molar-refractivity contribution in [3.8, 4) is 5.75 Å². The van der Waals surface area contributed by atoms with Gasteiger partial charge in [-0.2, -0.15) is 0 Å². The van der Waals surface area contributed by atoms with Gasteiger partial charge in [0.25, 0.3) is 0 Å². The van der Waals surface area contributed by atoms with Gasteiger partial charge in [0.1, 0.15) is 5.75 Å². The molecule has 2 aromatic rings. The number of fused-ring (bicyclic) bond motifs is 1. The van der Waals surface area contributed by atoms with E-state index in [0.29, 0.717) is 0 Å². The molecule has 1 N–H and O–H groups in total. The van der Waals surface area contributed by atoms with Crippen LogP contribution < -0.4 is 4.74 Å². The van der Waals surface area contributed by atoms with Crippen LogP contribution in [0.15, 0.2) is 42.5 Å². The lowest BCUT2D eigenvalue weighted by Crippen LogP contribution is -1.87. The fraction of sp³-hybridized carbons (Fsp3) is 0.250. The smallest absolute Gasteiger partial charge is 0.126 e. The van der Waals surface area contributed by atoms with Crippen LogP contribution in [-0.4, -0.2) is 19.3 Å². The van der Waals surface area contributed by atoms with Crippen molar-refractivity contribution in [1.82, 2.24) is 0 Å². The highest BCUT2D eigenvalue weighted by Crippen LogP contribution is 2.26. The van der Waals surface area contributed by atoms with Crippen molar-refractivity contribution < 1.29 is 9.84 Å². The molecule has 0 fully saturated rings. The van der Waals surface area contributed by atoms with E-state index < -0.39 is 0 Å². The summed E-state index contributed by atoms with van der Waals surface area (Å²) >= 11 is 0. The summed E-state index contributed by atoms with van der Waals surface area (Å²) in [6.07, 6.45) is 5.30. The van der Waals surface area contributed by atoms with Gasteiger partial charge in [-0.05, 0) is 29.3 Å². The fourth-order valence-electron chi connectivity index (χ4n) is 1.79. The van der Waals surface area contributed by atoms with E-state index in [1.54, 1.807) is 7.11 Å². The molecule has 0 aromatic heterocycles. The first kappa shape index (κ1) is 14.3. The van der Waals surface area contributed by atoms with Gasteiger partial charge in [-0.15, -0.1) is 0 Å². The highest BCUT2D eigenvalue weighted by Gasteiger charge is 2.01. The van der Waals surface area contributed by atoms with Crippen molar-refractivity contribution in [1.29, 1.82) is 0 Å². The minimum Gasteiger partial charge on any atom is -0.496 e. The average molecular weight is 244 g/mol. The van der Waals surface area contributed by atoms with Crippen molar-refractivity contribution >= 4 is 16.8 Å². The summed E-state index contributed by atoms with van der Waals surface area (Å²) in [6.45, 7) is 2.13. The van der Waals surface area contributed by atoms with Gasteiger partial charge in [0.15, 0.2) is 0 Å². The summed E-state index contributed by atoms with van der Waals surface area (Å²) in [6, 6.07) is 12.6. The van der Waals surface area contributed by atoms with E-state index in [4.69, 9.17) is 9.84 Å². The van der Waals surface area contributed by atoms with E-state index in [-0.39, 0.29) is 0 Å². The van der Waals surface area contributed by atoms with Gasteiger partial charge in [0, 0.05) is 12.7 Å². The minimum atomic E-state index is 0.934. The number of hydrogen-bond donors (Lipinski definition) is 1. The zero-order chi connectivity index (χ0) is 13.4. The first-order valence-electron chi connectivity index (χ1n) is 6.03. The molecule has 2 nitrogen and oxygen atoms in total. The van der Waals surface area contributed by atoms with Crippen LogP contribution in [0.4, 0.5) is 0 Å². The Labute approximate surface area is 109 Å². The Morgan fingerprint density at radius 2 is 1.72 bits per heavy atom. The molecule has 2 heteroatoms. The van der Waals surface area contributed by atoms with Gasteiger partial charge in [-0.1, -0.05) is 43.3 Å². The summed E-state index contributed by atoms with van der Waals surface area (Å²) in [7, 11) is 2.72. The SMILES string of the molecule is CC/C=C\c1cc2ccccc2cc1OC.CO. The predicted molar refractivity (Wildman–Crippen MR) is 78.0 cm³/mol. The van der Waals surface area contributed by atoms with Crippen LogP contribution in [0.2, 0.25) is 0 Å². The number of allylic oxidation sites excluding steroid dienone is 1. The van der Waals surface area contributed by atoms with Crippen LogP contribution in [0, 0.1) is 0 Å². The highest BCUT2D eigenvalue weighted by molar-refractivity contribution is 5.87. The Morgan fingerprint density at radius 3 is 2.28 bits per heavy atom. The molecule has 0 radical (unpaired) electrons. The van der Waals surface area contributed by atoms with Gasteiger partial charge in [-0.3, -0.25) is 0 Å². The second kappa shape index (κ2) is 7.51. The van der Waals surface area contributed by atoms with Crippen LogP contribution in [-0.2, 0) is 0 Å². The standard InChI is InChI=1S/C15H16O.CH4O/c1-3-4-7-14-10-12-8-5-6-9-13(12)11-15(14)16-2;1-2/h4-11H,3H2,1-2H3;2H,1H3/b7-4-;. The van der Waals surface area contributed by atoms with Crippen molar-refractivity contribution in [2.45, 2.75) is 13.3 Å². The third-order valence-electron chi connectivity index (χ3n) is 2.63. The molecule has 2 rings (SSSR count). The number of aliphatic hydroxyl groups excluding tert-OH is 1. The van der Waals surface area contributed by atoms with Crippen molar-refractivity contribution in [3.63, 3.8) is 0 Å². The maximum atomic E-state index is 7.00. The van der Waals surface area contributed by atoms with Gasteiger partial charge in [-0.25, -0.2) is 0 Å². The van der Waals surface area contributed by atoms with Crippen LogP contribution in [0.5, 0.6) is 5.75 Å². The van der Waals surface area contributed by atoms with Crippen LogP contribution in [0.1, 0.15) is 18.9 Å². The first-order valence-corrected chi connectivity index (χ1v) is 6.03. The Balaban J connectivity index is 0.000000771. The average Bonchev–Trinajstić information content (AvgIpc) is 2.46. The second-order valence-electron chi connectivity index (χ2n) is 3.75. The van der Waals surface area contributed by atoms with Gasteiger partial charge in [0.05, 0.1) is 7.11 Å². The molecule has 0 aliphatic carbocycles. The van der Waals surface area contributed by atoms with Gasteiger partial charge >= 0.3 is 0 Å². The Kier molecular flexibility index (Phi) is 5.95. The summed E-state index contributed by atoms with van der Waals surface area (Å²) < 4.78 is 5.40. The number of benzene rings is 2. The molecule has 0 unspecified atom stereocenters. The maximum Gasteiger partial charge on any atom is 0.126 e. The lowest BCUT2D eigenvalue weighted by Gasteiger charge is -2.07. The van der Waals surface area contributed by atoms with E-state index in [9.17, 15) is 0 Å². The Morgan fingerprint density at radius 1 is 1.11 bits per heavy atom. The molecule has 0 heterocycles. The zero-order valence-corrected chi connectivity index (χ0v) is 11.2. The zero-order valence-electron chi connectivity index (χ0n) is 11.2. The summed E-state index contributed by atoms with van der Waals surface area (Å²) in [5, 5.41) is 9.46. The third kappa shape index (κ3) is 3.34. The molecule has 0 saturated carbocycles. The molecule has 0 amide bonds. The van der Waals surface area contributed by atoms with E-state index >= 15 is 0 Å². The normalized spacial score (nSPS) is 10.2. The quantitative estimate of drug-likeness (QED) is 0.887. The first-order chi connectivity index (χ1) is 8.85. The Bertz CT molecular complexity index is 515. The molecule has 0 spiro atoms.